The van der Waals surface area contributed by atoms with Crippen LogP contribution in [0.2, 0.25) is 0 Å². The van der Waals surface area contributed by atoms with Gasteiger partial charge in [-0.15, -0.1) is 0 Å². The summed E-state index contributed by atoms with van der Waals surface area (Å²) < 4.78 is 20.4. The zero-order valence-electron chi connectivity index (χ0n) is 13.8. The van der Waals surface area contributed by atoms with Crippen molar-refractivity contribution in [3.63, 3.8) is 0 Å². The third-order valence-electron chi connectivity index (χ3n) is 4.51. The first kappa shape index (κ1) is 19.6. The summed E-state index contributed by atoms with van der Waals surface area (Å²) in [6.07, 6.45) is 2.95. The van der Waals surface area contributed by atoms with Gasteiger partial charge in [0.15, 0.2) is 5.78 Å². The van der Waals surface area contributed by atoms with Crippen LogP contribution in [0.15, 0.2) is 25.3 Å². The number of halogens is 1. The Morgan fingerprint density at radius 2 is 1.57 bits per heavy atom. The van der Waals surface area contributed by atoms with Crippen LogP contribution in [-0.4, -0.2) is 24.0 Å². The van der Waals surface area contributed by atoms with Gasteiger partial charge in [-0.05, 0) is 24.8 Å². The maximum absolute atomic E-state index is 15.4. The van der Waals surface area contributed by atoms with E-state index < -0.39 is 22.5 Å². The largest absolute Gasteiger partial charge is 0.462 e. The monoisotopic (exact) mass is 298 g/mol. The number of allylic oxidation sites excluding steroid dienone is 1. The minimum atomic E-state index is -1.64. The van der Waals surface area contributed by atoms with E-state index in [0.29, 0.717) is 6.42 Å². The fraction of sp³-hybridized carbons (Fsp3) is 0.647. The molecule has 0 radical (unpaired) electrons. The van der Waals surface area contributed by atoms with Crippen LogP contribution in [0.1, 0.15) is 47.5 Å². The van der Waals surface area contributed by atoms with Gasteiger partial charge < -0.3 is 4.74 Å². The van der Waals surface area contributed by atoms with E-state index in [1.54, 1.807) is 27.7 Å². The second kappa shape index (κ2) is 7.01. The lowest BCUT2D eigenvalue weighted by molar-refractivity contribution is -0.150. The minimum Gasteiger partial charge on any atom is -0.462 e. The Bertz CT molecular complexity index is 382. The average molecular weight is 298 g/mol. The van der Waals surface area contributed by atoms with Crippen LogP contribution in [0.4, 0.5) is 4.39 Å². The first-order chi connectivity index (χ1) is 9.41. The van der Waals surface area contributed by atoms with Gasteiger partial charge in [0, 0.05) is 17.9 Å². The molecule has 0 aromatic rings. The lowest BCUT2D eigenvalue weighted by Crippen LogP contribution is -2.52. The van der Waals surface area contributed by atoms with E-state index in [2.05, 4.69) is 13.2 Å². The van der Waals surface area contributed by atoms with Crippen molar-refractivity contribution in [2.24, 2.45) is 10.8 Å². The molecule has 0 aliphatic heterocycles. The zero-order chi connectivity index (χ0) is 16.9. The summed E-state index contributed by atoms with van der Waals surface area (Å²) in [6, 6.07) is 0. The number of hydrogen-bond donors (Lipinski definition) is 0. The summed E-state index contributed by atoms with van der Waals surface area (Å²) in [7, 11) is 0. The molecular formula is C17H27FO3. The van der Waals surface area contributed by atoms with Gasteiger partial charge in [0.25, 0.3) is 0 Å². The van der Waals surface area contributed by atoms with E-state index >= 15 is 4.39 Å². The molecule has 0 saturated carbocycles. The Hall–Kier alpha value is -1.45. The summed E-state index contributed by atoms with van der Waals surface area (Å²) in [4.78, 5) is 22.5. The molecule has 0 bridgehead atoms. The van der Waals surface area contributed by atoms with Gasteiger partial charge in [-0.25, -0.2) is 9.18 Å². The van der Waals surface area contributed by atoms with Crippen LogP contribution in [-0.2, 0) is 14.3 Å². The van der Waals surface area contributed by atoms with Gasteiger partial charge in [-0.3, -0.25) is 4.79 Å². The predicted molar refractivity (Wildman–Crippen MR) is 82.7 cm³/mol. The number of rotatable bonds is 9. The maximum Gasteiger partial charge on any atom is 0.330 e. The van der Waals surface area contributed by atoms with E-state index in [0.717, 1.165) is 6.08 Å². The standard InChI is InChI=1S/C17H27FO3/c1-8-13(19)10-11-15(3,4)17(7,18)16(5,6)12-21-14(20)9-2/h8-9H,1-2,10-12H2,3-7H3. The fourth-order valence-corrected chi connectivity index (χ4v) is 2.13. The Kier molecular flexibility index (Phi) is 6.53. The lowest BCUT2D eigenvalue weighted by Gasteiger charge is -2.47. The van der Waals surface area contributed by atoms with Crippen LogP contribution >= 0.6 is 0 Å². The van der Waals surface area contributed by atoms with E-state index in [4.69, 9.17) is 4.74 Å². The van der Waals surface area contributed by atoms with Crippen molar-refractivity contribution in [1.82, 2.24) is 0 Å². The molecule has 1 unspecified atom stereocenters. The second-order valence-electron chi connectivity index (χ2n) is 6.75. The summed E-state index contributed by atoms with van der Waals surface area (Å²) in [5, 5.41) is 0. The topological polar surface area (TPSA) is 43.4 Å². The van der Waals surface area contributed by atoms with Crippen LogP contribution < -0.4 is 0 Å². The second-order valence-corrected chi connectivity index (χ2v) is 6.75. The molecule has 0 N–H and O–H groups in total. The first-order valence-corrected chi connectivity index (χ1v) is 7.04. The molecule has 21 heavy (non-hydrogen) atoms. The molecule has 0 aliphatic rings. The van der Waals surface area contributed by atoms with E-state index in [1.165, 1.54) is 13.0 Å². The quantitative estimate of drug-likeness (QED) is 0.477. The van der Waals surface area contributed by atoms with Gasteiger partial charge in [0.05, 0.1) is 6.61 Å². The molecule has 3 nitrogen and oxygen atoms in total. The molecule has 0 amide bonds. The number of hydrogen-bond acceptors (Lipinski definition) is 3. The highest BCUT2D eigenvalue weighted by molar-refractivity contribution is 5.89. The highest BCUT2D eigenvalue weighted by atomic mass is 19.1. The molecule has 0 spiro atoms. The van der Waals surface area contributed by atoms with Crippen LogP contribution in [0.25, 0.3) is 0 Å². The molecule has 4 heteroatoms. The number of carbonyl (C=O) groups excluding carboxylic acids is 2. The van der Waals surface area contributed by atoms with Gasteiger partial charge in [-0.1, -0.05) is 40.9 Å². The van der Waals surface area contributed by atoms with Crippen molar-refractivity contribution < 1.29 is 18.7 Å². The molecule has 0 heterocycles. The zero-order valence-corrected chi connectivity index (χ0v) is 13.8. The summed E-state index contributed by atoms with van der Waals surface area (Å²) in [5.41, 5.74) is -3.29. The van der Waals surface area contributed by atoms with Crippen molar-refractivity contribution in [3.8, 4) is 0 Å². The average Bonchev–Trinajstić information content (AvgIpc) is 2.41. The predicted octanol–water partition coefficient (Wildman–Crippen LogP) is 4.03. The van der Waals surface area contributed by atoms with E-state index in [1.807, 2.05) is 0 Å². The van der Waals surface area contributed by atoms with Gasteiger partial charge in [0.1, 0.15) is 5.67 Å². The minimum absolute atomic E-state index is 0.0519. The molecule has 0 aliphatic carbocycles. The van der Waals surface area contributed by atoms with Gasteiger partial charge in [-0.2, -0.15) is 0 Å². The third-order valence-corrected chi connectivity index (χ3v) is 4.51. The summed E-state index contributed by atoms with van der Waals surface area (Å²) in [6.45, 7) is 15.2. The van der Waals surface area contributed by atoms with Crippen LogP contribution in [0.3, 0.4) is 0 Å². The maximum atomic E-state index is 15.4. The summed E-state index contributed by atoms with van der Waals surface area (Å²) in [5.74, 6) is -0.673. The third kappa shape index (κ3) is 4.80. The van der Waals surface area contributed by atoms with Crippen molar-refractivity contribution in [1.29, 1.82) is 0 Å². The highest BCUT2D eigenvalue weighted by Gasteiger charge is 2.52. The molecule has 0 aromatic heterocycles. The molecule has 1 atom stereocenters. The van der Waals surface area contributed by atoms with Crippen molar-refractivity contribution in [2.75, 3.05) is 6.61 Å². The van der Waals surface area contributed by atoms with Gasteiger partial charge >= 0.3 is 5.97 Å². The van der Waals surface area contributed by atoms with Crippen LogP contribution in [0.5, 0.6) is 0 Å². The Balaban J connectivity index is 5.03. The lowest BCUT2D eigenvalue weighted by atomic mass is 9.62. The molecule has 0 fully saturated rings. The van der Waals surface area contributed by atoms with Crippen molar-refractivity contribution >= 4 is 11.8 Å². The number of ether oxygens (including phenoxy) is 1. The number of carbonyl (C=O) groups is 2. The summed E-state index contributed by atoms with van der Waals surface area (Å²) >= 11 is 0. The molecule has 0 saturated heterocycles. The van der Waals surface area contributed by atoms with E-state index in [-0.39, 0.29) is 18.8 Å². The van der Waals surface area contributed by atoms with Crippen molar-refractivity contribution in [3.05, 3.63) is 25.3 Å². The Labute approximate surface area is 127 Å². The Morgan fingerprint density at radius 3 is 2.00 bits per heavy atom. The van der Waals surface area contributed by atoms with Gasteiger partial charge in [0.2, 0.25) is 0 Å². The molecular weight excluding hydrogens is 271 g/mol. The fourth-order valence-electron chi connectivity index (χ4n) is 2.13. The number of esters is 1. The molecule has 0 rings (SSSR count). The number of alkyl halides is 1. The van der Waals surface area contributed by atoms with Crippen LogP contribution in [0, 0.1) is 10.8 Å². The highest BCUT2D eigenvalue weighted by Crippen LogP contribution is 2.49. The normalized spacial score (nSPS) is 15.0. The Morgan fingerprint density at radius 1 is 1.05 bits per heavy atom. The van der Waals surface area contributed by atoms with Crippen molar-refractivity contribution in [2.45, 2.75) is 53.1 Å². The molecule has 120 valence electrons. The smallest absolute Gasteiger partial charge is 0.330 e. The molecule has 0 aromatic carbocycles. The van der Waals surface area contributed by atoms with E-state index in [9.17, 15) is 9.59 Å². The first-order valence-electron chi connectivity index (χ1n) is 7.04. The SMILES string of the molecule is C=CC(=O)CCC(C)(C)C(C)(F)C(C)(C)COC(=O)C=C. The number of ketones is 1.